The van der Waals surface area contributed by atoms with E-state index in [2.05, 4.69) is 11.6 Å². The standard InChI is InChI=1S/C34H30F2N6O3S/c1-5-29(43)41-17-22-15-26(39-42(22)16-19(41)2)33-31(30-24(36)13-21(35)14-28(30)45-10-9-44-4)34-23(8-11-46-34)32(38-33)20-6-7-27-25(12-20)37-18-40(27)3/h5-8,11-15,18-19H,1,9-10,16-17H2,2-4H3. The molecule has 2 aromatic carbocycles. The predicted octanol–water partition coefficient (Wildman–Crippen LogP) is 6.60. The number of carbonyl (C=O) groups excluding carboxylic acids is 1. The maximum atomic E-state index is 16.0. The molecule has 0 N–H and O–H groups in total. The van der Waals surface area contributed by atoms with Crippen LogP contribution in [0.3, 0.4) is 0 Å². The van der Waals surface area contributed by atoms with Crippen molar-refractivity contribution in [2.24, 2.45) is 7.05 Å². The van der Waals surface area contributed by atoms with Crippen LogP contribution in [0.15, 0.2) is 66.8 Å². The molecule has 5 heterocycles. The van der Waals surface area contributed by atoms with Gasteiger partial charge in [-0.15, -0.1) is 11.3 Å². The molecule has 6 aromatic rings. The molecule has 1 unspecified atom stereocenters. The van der Waals surface area contributed by atoms with Gasteiger partial charge in [0.1, 0.15) is 35.4 Å². The second kappa shape index (κ2) is 11.8. The molecule has 1 aliphatic heterocycles. The summed E-state index contributed by atoms with van der Waals surface area (Å²) in [4.78, 5) is 24.1. The van der Waals surface area contributed by atoms with E-state index in [1.165, 1.54) is 30.6 Å². The van der Waals surface area contributed by atoms with Crippen LogP contribution in [0, 0.1) is 11.6 Å². The van der Waals surface area contributed by atoms with Gasteiger partial charge in [-0.2, -0.15) is 5.10 Å². The molecule has 234 valence electrons. The van der Waals surface area contributed by atoms with Crippen molar-refractivity contribution in [3.63, 3.8) is 0 Å². The van der Waals surface area contributed by atoms with Crippen LogP contribution in [0.2, 0.25) is 0 Å². The Morgan fingerprint density at radius 3 is 2.78 bits per heavy atom. The third-order valence-corrected chi connectivity index (χ3v) is 9.22. The van der Waals surface area contributed by atoms with Gasteiger partial charge in [-0.05, 0) is 42.6 Å². The number of rotatable bonds is 8. The van der Waals surface area contributed by atoms with Gasteiger partial charge in [-0.1, -0.05) is 12.6 Å². The molecule has 7 rings (SSSR count). The number of pyridine rings is 1. The van der Waals surface area contributed by atoms with E-state index in [4.69, 9.17) is 19.6 Å². The van der Waals surface area contributed by atoms with Crippen LogP contribution in [0.5, 0.6) is 5.75 Å². The molecule has 0 radical (unpaired) electrons. The Balaban J connectivity index is 1.49. The van der Waals surface area contributed by atoms with E-state index in [-0.39, 0.29) is 36.5 Å². The lowest BCUT2D eigenvalue weighted by molar-refractivity contribution is -0.129. The topological polar surface area (TPSA) is 87.3 Å². The number of carbonyl (C=O) groups is 1. The molecule has 0 fully saturated rings. The van der Waals surface area contributed by atoms with Crippen molar-refractivity contribution in [2.75, 3.05) is 20.3 Å². The second-order valence-corrected chi connectivity index (χ2v) is 12.1. The fourth-order valence-corrected chi connectivity index (χ4v) is 6.98. The summed E-state index contributed by atoms with van der Waals surface area (Å²) in [5.41, 5.74) is 5.53. The lowest BCUT2D eigenvalue weighted by Gasteiger charge is -2.33. The third-order valence-electron chi connectivity index (χ3n) is 8.29. The number of imidazole rings is 1. The summed E-state index contributed by atoms with van der Waals surface area (Å²) in [6.07, 6.45) is 3.07. The van der Waals surface area contributed by atoms with E-state index >= 15 is 4.39 Å². The number of ether oxygens (including phenoxy) is 2. The average Bonchev–Trinajstić information content (AvgIpc) is 3.78. The van der Waals surface area contributed by atoms with Gasteiger partial charge in [0.15, 0.2) is 0 Å². The van der Waals surface area contributed by atoms with Crippen LogP contribution < -0.4 is 4.74 Å². The summed E-state index contributed by atoms with van der Waals surface area (Å²) in [5.74, 6) is -1.67. The molecule has 1 amide bonds. The van der Waals surface area contributed by atoms with Gasteiger partial charge < -0.3 is 18.9 Å². The average molecular weight is 641 g/mol. The van der Waals surface area contributed by atoms with Gasteiger partial charge in [-0.3, -0.25) is 9.48 Å². The number of thiophene rings is 1. The van der Waals surface area contributed by atoms with E-state index in [9.17, 15) is 9.18 Å². The maximum absolute atomic E-state index is 16.0. The minimum absolute atomic E-state index is 0.0373. The third kappa shape index (κ3) is 5.03. The first kappa shape index (κ1) is 29.8. The fraction of sp³-hybridized carbons (Fsp3) is 0.235. The van der Waals surface area contributed by atoms with Crippen LogP contribution in [0.1, 0.15) is 12.6 Å². The van der Waals surface area contributed by atoms with Crippen molar-refractivity contribution < 1.29 is 23.0 Å². The largest absolute Gasteiger partial charge is 0.490 e. The number of nitrogens with zero attached hydrogens (tertiary/aromatic N) is 6. The van der Waals surface area contributed by atoms with Crippen LogP contribution >= 0.6 is 11.3 Å². The van der Waals surface area contributed by atoms with E-state index in [0.717, 1.165) is 38.4 Å². The second-order valence-electron chi connectivity index (χ2n) is 11.2. The maximum Gasteiger partial charge on any atom is 0.246 e. The van der Waals surface area contributed by atoms with Crippen molar-refractivity contribution in [3.05, 3.63) is 84.2 Å². The van der Waals surface area contributed by atoms with Crippen molar-refractivity contribution in [1.29, 1.82) is 0 Å². The monoisotopic (exact) mass is 640 g/mol. The summed E-state index contributed by atoms with van der Waals surface area (Å²) in [7, 11) is 3.46. The van der Waals surface area contributed by atoms with Crippen LogP contribution in [0.25, 0.3) is 54.9 Å². The van der Waals surface area contributed by atoms with E-state index in [1.54, 1.807) is 11.2 Å². The minimum Gasteiger partial charge on any atom is -0.490 e. The zero-order valence-electron chi connectivity index (χ0n) is 25.5. The lowest BCUT2D eigenvalue weighted by Crippen LogP contribution is -2.44. The molecule has 1 aliphatic rings. The lowest BCUT2D eigenvalue weighted by atomic mass is 9.96. The summed E-state index contributed by atoms with van der Waals surface area (Å²) >= 11 is 1.43. The van der Waals surface area contributed by atoms with Gasteiger partial charge in [0, 0.05) is 53.5 Å². The van der Waals surface area contributed by atoms with Crippen molar-refractivity contribution in [2.45, 2.75) is 26.1 Å². The number of aromatic nitrogens is 5. The Morgan fingerprint density at radius 2 is 1.98 bits per heavy atom. The summed E-state index contributed by atoms with van der Waals surface area (Å²) in [5, 5.41) is 7.65. The highest BCUT2D eigenvalue weighted by atomic mass is 32.1. The number of benzene rings is 2. The summed E-state index contributed by atoms with van der Waals surface area (Å²) in [6, 6.07) is 11.7. The summed E-state index contributed by atoms with van der Waals surface area (Å²) in [6.45, 7) is 6.72. The van der Waals surface area contributed by atoms with Crippen LogP contribution in [0.4, 0.5) is 8.78 Å². The number of halogens is 2. The highest BCUT2D eigenvalue weighted by molar-refractivity contribution is 7.18. The van der Waals surface area contributed by atoms with E-state index in [1.807, 2.05) is 58.9 Å². The van der Waals surface area contributed by atoms with E-state index < -0.39 is 11.6 Å². The first-order chi connectivity index (χ1) is 22.3. The molecule has 9 nitrogen and oxygen atoms in total. The highest BCUT2D eigenvalue weighted by Crippen LogP contribution is 2.47. The van der Waals surface area contributed by atoms with Gasteiger partial charge in [-0.25, -0.2) is 18.7 Å². The zero-order chi connectivity index (χ0) is 32.1. The normalized spacial score (nSPS) is 14.6. The SMILES string of the molecule is C=CC(=O)N1Cc2cc(-c3nc(-c4ccc5c(c4)ncn5C)c4ccsc4c3-c3c(F)cc(F)cc3OCCOC)nn2CC1C. The predicted molar refractivity (Wildman–Crippen MR) is 173 cm³/mol. The Hall–Kier alpha value is -4.94. The number of hydrogen-bond donors (Lipinski definition) is 0. The Morgan fingerprint density at radius 1 is 1.13 bits per heavy atom. The van der Waals surface area contributed by atoms with E-state index in [0.29, 0.717) is 35.7 Å². The van der Waals surface area contributed by atoms with Crippen molar-refractivity contribution in [1.82, 2.24) is 29.2 Å². The number of amides is 1. The fourth-order valence-electron chi connectivity index (χ4n) is 6.04. The summed E-state index contributed by atoms with van der Waals surface area (Å²) < 4.78 is 46.2. The number of fused-ring (bicyclic) bond motifs is 3. The first-order valence-corrected chi connectivity index (χ1v) is 15.6. The molecule has 46 heavy (non-hydrogen) atoms. The molecule has 12 heteroatoms. The van der Waals surface area contributed by atoms with Gasteiger partial charge >= 0.3 is 0 Å². The minimum atomic E-state index is -0.784. The quantitative estimate of drug-likeness (QED) is 0.138. The molecule has 0 aliphatic carbocycles. The number of methoxy groups -OCH3 is 1. The number of aryl methyl sites for hydroxylation is 1. The van der Waals surface area contributed by atoms with Gasteiger partial charge in [0.05, 0.1) is 54.0 Å². The van der Waals surface area contributed by atoms with Crippen molar-refractivity contribution >= 4 is 38.4 Å². The Bertz CT molecular complexity index is 2150. The van der Waals surface area contributed by atoms with Crippen LogP contribution in [-0.2, 0) is 29.7 Å². The molecular weight excluding hydrogens is 610 g/mol. The molecule has 0 saturated heterocycles. The molecule has 4 aromatic heterocycles. The number of hydrogen-bond acceptors (Lipinski definition) is 7. The first-order valence-electron chi connectivity index (χ1n) is 14.7. The Labute approximate surface area is 267 Å². The van der Waals surface area contributed by atoms with Crippen molar-refractivity contribution in [3.8, 4) is 39.5 Å². The van der Waals surface area contributed by atoms with Crippen LogP contribution in [-0.4, -0.2) is 61.5 Å². The molecule has 0 bridgehead atoms. The molecule has 1 atom stereocenters. The molecule has 0 spiro atoms. The highest BCUT2D eigenvalue weighted by Gasteiger charge is 2.30. The zero-order valence-corrected chi connectivity index (χ0v) is 26.3. The molecule has 0 saturated carbocycles. The van der Waals surface area contributed by atoms with Gasteiger partial charge in [0.2, 0.25) is 5.91 Å². The van der Waals surface area contributed by atoms with Gasteiger partial charge in [0.25, 0.3) is 0 Å². The molecular formula is C34H30F2N6O3S. The smallest absolute Gasteiger partial charge is 0.246 e. The Kier molecular flexibility index (Phi) is 7.61.